The summed E-state index contributed by atoms with van der Waals surface area (Å²) in [5.41, 5.74) is 4.87. The topological polar surface area (TPSA) is 68.5 Å². The molecule has 0 fully saturated rings. The van der Waals surface area contributed by atoms with Gasteiger partial charge in [-0.05, 0) is 49.7 Å². The molecular formula is C26H27F4N3O2. The van der Waals surface area contributed by atoms with E-state index in [1.807, 2.05) is 36.2 Å². The van der Waals surface area contributed by atoms with Crippen molar-refractivity contribution in [1.29, 1.82) is 0 Å². The number of carbonyl (C=O) groups excluding carboxylic acids is 1. The predicted octanol–water partition coefficient (Wildman–Crippen LogP) is 4.77. The Morgan fingerprint density at radius 2 is 1.77 bits per heavy atom. The maximum absolute atomic E-state index is 15.3. The normalized spacial score (nSPS) is 13.1. The Morgan fingerprint density at radius 1 is 1.09 bits per heavy atom. The van der Waals surface area contributed by atoms with Gasteiger partial charge in [0, 0.05) is 36.7 Å². The molecule has 3 rings (SSSR count). The third kappa shape index (κ3) is 6.43. The number of nitrogens with zero attached hydrogens (tertiary/aromatic N) is 2. The van der Waals surface area contributed by atoms with Gasteiger partial charge in [-0.1, -0.05) is 18.2 Å². The lowest BCUT2D eigenvalue weighted by atomic mass is 9.86. The minimum absolute atomic E-state index is 0.153. The van der Waals surface area contributed by atoms with Crippen molar-refractivity contribution in [2.75, 3.05) is 20.7 Å². The number of rotatable bonds is 10. The van der Waals surface area contributed by atoms with Crippen molar-refractivity contribution in [1.82, 2.24) is 9.88 Å². The van der Waals surface area contributed by atoms with Gasteiger partial charge in [-0.2, -0.15) is 0 Å². The number of ketones is 1. The van der Waals surface area contributed by atoms with E-state index in [0.717, 1.165) is 23.4 Å². The Morgan fingerprint density at radius 3 is 2.40 bits per heavy atom. The first-order chi connectivity index (χ1) is 16.5. The first-order valence-electron chi connectivity index (χ1n) is 10.9. The highest BCUT2D eigenvalue weighted by atomic mass is 19.1. The van der Waals surface area contributed by atoms with E-state index in [0.29, 0.717) is 25.4 Å². The molecule has 1 heterocycles. The molecule has 0 amide bonds. The van der Waals surface area contributed by atoms with Crippen LogP contribution in [0.15, 0.2) is 48.7 Å². The second kappa shape index (κ2) is 11.0. The van der Waals surface area contributed by atoms with Gasteiger partial charge >= 0.3 is 0 Å². The zero-order chi connectivity index (χ0) is 25.8. The molecule has 0 saturated heterocycles. The van der Waals surface area contributed by atoms with Crippen molar-refractivity contribution >= 4 is 5.78 Å². The van der Waals surface area contributed by atoms with Crippen LogP contribution in [0.4, 0.5) is 17.6 Å². The van der Waals surface area contributed by atoms with Gasteiger partial charge in [0.25, 0.3) is 0 Å². The van der Waals surface area contributed by atoms with Crippen LogP contribution in [0.5, 0.6) is 5.75 Å². The summed E-state index contributed by atoms with van der Waals surface area (Å²) in [4.78, 5) is 17.9. The van der Waals surface area contributed by atoms with Gasteiger partial charge < -0.3 is 15.4 Å². The van der Waals surface area contributed by atoms with Gasteiger partial charge in [-0.25, -0.2) is 22.5 Å². The summed E-state index contributed by atoms with van der Waals surface area (Å²) < 4.78 is 62.2. The number of nitrogens with two attached hydrogens (primary N) is 1. The number of ether oxygens (including phenoxy) is 1. The number of pyridine rings is 1. The molecule has 0 saturated carbocycles. The number of hydrogen-bond donors (Lipinski definition) is 1. The predicted molar refractivity (Wildman–Crippen MR) is 124 cm³/mol. The van der Waals surface area contributed by atoms with Gasteiger partial charge in [0.05, 0.1) is 13.3 Å². The van der Waals surface area contributed by atoms with Crippen LogP contribution in [0.1, 0.15) is 40.5 Å². The van der Waals surface area contributed by atoms with E-state index in [-0.39, 0.29) is 17.5 Å². The van der Waals surface area contributed by atoms with Crippen LogP contribution in [0.25, 0.3) is 0 Å². The number of methoxy groups -OCH3 is 1. The number of aromatic nitrogens is 1. The molecule has 0 bridgehead atoms. The average Bonchev–Trinajstić information content (AvgIpc) is 2.80. The van der Waals surface area contributed by atoms with E-state index in [1.165, 1.54) is 6.92 Å². The van der Waals surface area contributed by atoms with Gasteiger partial charge in [0.1, 0.15) is 28.9 Å². The molecular weight excluding hydrogens is 462 g/mol. The highest BCUT2D eigenvalue weighted by Crippen LogP contribution is 2.30. The highest BCUT2D eigenvalue weighted by molar-refractivity contribution is 5.96. The quantitative estimate of drug-likeness (QED) is 0.328. The molecule has 0 unspecified atom stereocenters. The van der Waals surface area contributed by atoms with Crippen molar-refractivity contribution in [2.45, 2.75) is 31.8 Å². The summed E-state index contributed by atoms with van der Waals surface area (Å²) in [6, 6.07) is 10.2. The molecule has 0 aliphatic heterocycles. The molecule has 1 aromatic heterocycles. The average molecular weight is 490 g/mol. The zero-order valence-corrected chi connectivity index (χ0v) is 19.7. The SMILES string of the molecule is COc1ccc(CN(C)CC[C@](C)(N)c2c(F)ccc(CC(=O)c3ncc(F)cc3F)c2F)cc1. The standard InChI is InChI=1S/C26H27F4N3O2/c1-26(31,10-11-33(2)15-16-4-7-19(35-3)8-5-16)23-20(28)9-6-17(24(23)30)12-22(34)25-21(29)13-18(27)14-32-25/h4-9,13-14H,10-12,15,31H2,1-3H3/t26-/m0/s1. The molecule has 0 aliphatic carbocycles. The minimum Gasteiger partial charge on any atom is -0.497 e. The fourth-order valence-corrected chi connectivity index (χ4v) is 3.80. The van der Waals surface area contributed by atoms with Crippen LogP contribution in [0.2, 0.25) is 0 Å². The lowest BCUT2D eigenvalue weighted by molar-refractivity contribution is 0.0982. The van der Waals surface area contributed by atoms with Crippen LogP contribution in [0.3, 0.4) is 0 Å². The Bertz CT molecular complexity index is 1200. The summed E-state index contributed by atoms with van der Waals surface area (Å²) in [7, 11) is 3.46. The van der Waals surface area contributed by atoms with Crippen LogP contribution in [-0.4, -0.2) is 36.4 Å². The molecule has 2 aromatic carbocycles. The summed E-state index contributed by atoms with van der Waals surface area (Å²) in [6.45, 7) is 2.55. The van der Waals surface area contributed by atoms with Gasteiger partial charge in [0.15, 0.2) is 11.6 Å². The highest BCUT2D eigenvalue weighted by Gasteiger charge is 2.31. The summed E-state index contributed by atoms with van der Waals surface area (Å²) in [6.07, 6.45) is 0.337. The Labute approximate surface area is 201 Å². The van der Waals surface area contributed by atoms with E-state index in [2.05, 4.69) is 4.98 Å². The van der Waals surface area contributed by atoms with Crippen molar-refractivity contribution in [2.24, 2.45) is 5.73 Å². The largest absolute Gasteiger partial charge is 0.497 e. The summed E-state index contributed by atoms with van der Waals surface area (Å²) >= 11 is 0. The molecule has 5 nitrogen and oxygen atoms in total. The lowest BCUT2D eigenvalue weighted by Crippen LogP contribution is -2.39. The van der Waals surface area contributed by atoms with Gasteiger partial charge in [-0.3, -0.25) is 4.79 Å². The Balaban J connectivity index is 1.73. The number of halogens is 4. The maximum Gasteiger partial charge on any atom is 0.188 e. The number of hydrogen-bond acceptors (Lipinski definition) is 5. The first-order valence-corrected chi connectivity index (χ1v) is 10.9. The van der Waals surface area contributed by atoms with Crippen LogP contribution in [0, 0.1) is 23.3 Å². The van der Waals surface area contributed by atoms with Crippen molar-refractivity contribution < 1.29 is 27.1 Å². The summed E-state index contributed by atoms with van der Waals surface area (Å²) in [5, 5.41) is 0. The van der Waals surface area contributed by atoms with Crippen molar-refractivity contribution in [3.05, 3.63) is 94.3 Å². The molecule has 0 spiro atoms. The van der Waals surface area contributed by atoms with E-state index in [9.17, 15) is 18.0 Å². The molecule has 9 heteroatoms. The van der Waals surface area contributed by atoms with Crippen molar-refractivity contribution in [3.63, 3.8) is 0 Å². The number of Topliss-reactive ketones (excluding diaryl/α,β-unsaturated/α-hetero) is 1. The maximum atomic E-state index is 15.3. The van der Waals surface area contributed by atoms with Crippen LogP contribution < -0.4 is 10.5 Å². The third-order valence-electron chi connectivity index (χ3n) is 5.79. The summed E-state index contributed by atoms with van der Waals surface area (Å²) in [5.74, 6) is -4.02. The molecule has 0 radical (unpaired) electrons. The number of benzene rings is 2. The van der Waals surface area contributed by atoms with Crippen molar-refractivity contribution in [3.8, 4) is 5.75 Å². The number of carbonyl (C=O) groups is 1. The lowest BCUT2D eigenvalue weighted by Gasteiger charge is -2.29. The molecule has 0 aliphatic rings. The minimum atomic E-state index is -1.39. The Hall–Kier alpha value is -3.30. The van der Waals surface area contributed by atoms with Gasteiger partial charge in [-0.15, -0.1) is 0 Å². The second-order valence-corrected chi connectivity index (χ2v) is 8.73. The van der Waals surface area contributed by atoms with E-state index in [4.69, 9.17) is 10.5 Å². The Kier molecular flexibility index (Phi) is 8.24. The zero-order valence-electron chi connectivity index (χ0n) is 19.7. The van der Waals surface area contributed by atoms with E-state index < -0.39 is 46.7 Å². The van der Waals surface area contributed by atoms with Crippen LogP contribution >= 0.6 is 0 Å². The first kappa shape index (κ1) is 26.3. The fraction of sp³-hybridized carbons (Fsp3) is 0.308. The second-order valence-electron chi connectivity index (χ2n) is 8.73. The monoisotopic (exact) mass is 489 g/mol. The molecule has 1 atom stereocenters. The van der Waals surface area contributed by atoms with Crippen LogP contribution in [-0.2, 0) is 18.5 Å². The molecule has 35 heavy (non-hydrogen) atoms. The molecule has 2 N–H and O–H groups in total. The molecule has 3 aromatic rings. The third-order valence-corrected chi connectivity index (χ3v) is 5.79. The van der Waals surface area contributed by atoms with E-state index in [1.54, 1.807) is 7.11 Å². The smallest absolute Gasteiger partial charge is 0.188 e. The van der Waals surface area contributed by atoms with Gasteiger partial charge in [0.2, 0.25) is 0 Å². The fourth-order valence-electron chi connectivity index (χ4n) is 3.80. The van der Waals surface area contributed by atoms with E-state index >= 15 is 4.39 Å². The molecule has 186 valence electrons.